The summed E-state index contributed by atoms with van der Waals surface area (Å²) in [6.07, 6.45) is 3.05. The van der Waals surface area contributed by atoms with Gasteiger partial charge in [-0.05, 0) is 18.2 Å². The molecule has 0 spiro atoms. The number of aromatic hydroxyl groups is 1. The number of aromatic nitrogens is 1. The Balaban J connectivity index is 2.65. The fraction of sp³-hybridized carbons (Fsp3) is 0. The standard InChI is InChI=1S/C12H8ClNO3/c13-8-3-4-10(12(16)17)11(6-8)14-5-1-2-9(15)7-14/h1-7H,(H-,15,16,17)/p+1. The predicted molar refractivity (Wildman–Crippen MR) is 61.6 cm³/mol. The van der Waals surface area contributed by atoms with Gasteiger partial charge < -0.3 is 10.2 Å². The molecule has 17 heavy (non-hydrogen) atoms. The lowest BCUT2D eigenvalue weighted by Crippen LogP contribution is -2.31. The van der Waals surface area contributed by atoms with E-state index in [0.717, 1.165) is 0 Å². The van der Waals surface area contributed by atoms with E-state index in [4.69, 9.17) is 16.7 Å². The summed E-state index contributed by atoms with van der Waals surface area (Å²) in [6.45, 7) is 0. The highest BCUT2D eigenvalue weighted by Gasteiger charge is 2.18. The van der Waals surface area contributed by atoms with Gasteiger partial charge in [0, 0.05) is 17.2 Å². The van der Waals surface area contributed by atoms with Crippen LogP contribution in [0.25, 0.3) is 5.69 Å². The molecule has 5 heteroatoms. The van der Waals surface area contributed by atoms with Crippen molar-refractivity contribution in [2.45, 2.75) is 0 Å². The molecular formula is C12H9ClNO3+. The molecule has 0 atom stereocenters. The number of halogens is 1. The van der Waals surface area contributed by atoms with Crippen LogP contribution in [0.3, 0.4) is 0 Å². The lowest BCUT2D eigenvalue weighted by Gasteiger charge is -2.01. The minimum Gasteiger partial charge on any atom is -0.503 e. The maximum Gasteiger partial charge on any atom is 0.342 e. The van der Waals surface area contributed by atoms with Gasteiger partial charge in [0.05, 0.1) is 0 Å². The Bertz CT molecular complexity index is 584. The minimum atomic E-state index is -1.05. The molecule has 86 valence electrons. The number of hydrogen-bond donors (Lipinski definition) is 2. The summed E-state index contributed by atoms with van der Waals surface area (Å²) >= 11 is 5.84. The first-order valence-electron chi connectivity index (χ1n) is 4.81. The number of aromatic carboxylic acids is 1. The highest BCUT2D eigenvalue weighted by Crippen LogP contribution is 2.17. The van der Waals surface area contributed by atoms with Gasteiger partial charge in [-0.2, -0.15) is 4.57 Å². The molecule has 0 fully saturated rings. The number of carbonyl (C=O) groups is 1. The summed E-state index contributed by atoms with van der Waals surface area (Å²) in [4.78, 5) is 11.1. The van der Waals surface area contributed by atoms with E-state index in [9.17, 15) is 9.90 Å². The minimum absolute atomic E-state index is 0.0452. The average Bonchev–Trinajstić information content (AvgIpc) is 2.28. The van der Waals surface area contributed by atoms with Crippen LogP contribution in [0.4, 0.5) is 0 Å². The van der Waals surface area contributed by atoms with E-state index in [1.807, 2.05) is 0 Å². The molecule has 4 nitrogen and oxygen atoms in total. The van der Waals surface area contributed by atoms with Crippen LogP contribution < -0.4 is 4.57 Å². The molecule has 0 aliphatic rings. The van der Waals surface area contributed by atoms with Crippen molar-refractivity contribution in [1.29, 1.82) is 0 Å². The normalized spacial score (nSPS) is 10.2. The number of pyridine rings is 1. The van der Waals surface area contributed by atoms with Crippen LogP contribution in [0, 0.1) is 0 Å². The van der Waals surface area contributed by atoms with Gasteiger partial charge in [-0.1, -0.05) is 11.6 Å². The Morgan fingerprint density at radius 3 is 2.71 bits per heavy atom. The van der Waals surface area contributed by atoms with Crippen molar-refractivity contribution >= 4 is 17.6 Å². The molecule has 0 radical (unpaired) electrons. The molecule has 0 saturated heterocycles. The number of benzene rings is 1. The molecule has 0 amide bonds. The second-order valence-electron chi connectivity index (χ2n) is 3.44. The molecule has 0 saturated carbocycles. The number of nitrogens with zero attached hydrogens (tertiary/aromatic N) is 1. The van der Waals surface area contributed by atoms with Crippen molar-refractivity contribution in [2.24, 2.45) is 0 Å². The maximum absolute atomic E-state index is 11.1. The van der Waals surface area contributed by atoms with Gasteiger partial charge in [-0.25, -0.2) is 4.79 Å². The summed E-state index contributed by atoms with van der Waals surface area (Å²) in [5.74, 6) is -1.00. The monoisotopic (exact) mass is 250 g/mol. The molecule has 0 aliphatic carbocycles. The van der Waals surface area contributed by atoms with Gasteiger partial charge in [0.15, 0.2) is 11.9 Å². The van der Waals surface area contributed by atoms with E-state index in [2.05, 4.69) is 0 Å². The molecule has 2 N–H and O–H groups in total. The smallest absolute Gasteiger partial charge is 0.342 e. The Labute approximate surface area is 102 Å². The van der Waals surface area contributed by atoms with Gasteiger partial charge in [-0.3, -0.25) is 0 Å². The zero-order valence-electron chi connectivity index (χ0n) is 8.67. The van der Waals surface area contributed by atoms with E-state index in [1.165, 1.54) is 35.0 Å². The third kappa shape index (κ3) is 2.37. The topological polar surface area (TPSA) is 61.4 Å². The molecule has 2 aromatic rings. The molecule has 0 unspecified atom stereocenters. The van der Waals surface area contributed by atoms with Crippen LogP contribution in [-0.4, -0.2) is 16.2 Å². The molecule has 0 aliphatic heterocycles. The third-order valence-electron chi connectivity index (χ3n) is 2.25. The molecule has 0 bridgehead atoms. The summed E-state index contributed by atoms with van der Waals surface area (Å²) in [5.41, 5.74) is 0.519. The average molecular weight is 251 g/mol. The second-order valence-corrected chi connectivity index (χ2v) is 3.87. The predicted octanol–water partition coefficient (Wildman–Crippen LogP) is 2.02. The van der Waals surface area contributed by atoms with Crippen molar-refractivity contribution < 1.29 is 19.6 Å². The first-order valence-corrected chi connectivity index (χ1v) is 5.19. The molecule has 1 aromatic carbocycles. The van der Waals surface area contributed by atoms with Crippen LogP contribution in [0.1, 0.15) is 10.4 Å². The van der Waals surface area contributed by atoms with Crippen molar-refractivity contribution in [3.05, 3.63) is 53.3 Å². The van der Waals surface area contributed by atoms with Gasteiger partial charge in [0.2, 0.25) is 11.9 Å². The zero-order chi connectivity index (χ0) is 12.4. The van der Waals surface area contributed by atoms with Crippen molar-refractivity contribution in [3.8, 4) is 11.4 Å². The number of hydrogen-bond acceptors (Lipinski definition) is 2. The van der Waals surface area contributed by atoms with Crippen molar-refractivity contribution in [1.82, 2.24) is 0 Å². The van der Waals surface area contributed by atoms with E-state index in [1.54, 1.807) is 12.3 Å². The van der Waals surface area contributed by atoms with E-state index >= 15 is 0 Å². The van der Waals surface area contributed by atoms with Crippen LogP contribution in [0.5, 0.6) is 5.75 Å². The van der Waals surface area contributed by atoms with E-state index in [-0.39, 0.29) is 11.3 Å². The largest absolute Gasteiger partial charge is 0.503 e. The summed E-state index contributed by atoms with van der Waals surface area (Å²) < 4.78 is 1.50. The Morgan fingerprint density at radius 2 is 2.06 bits per heavy atom. The lowest BCUT2D eigenvalue weighted by atomic mass is 10.1. The molecule has 2 rings (SSSR count). The fourth-order valence-corrected chi connectivity index (χ4v) is 1.68. The molecular weight excluding hydrogens is 242 g/mol. The van der Waals surface area contributed by atoms with Crippen molar-refractivity contribution in [3.63, 3.8) is 0 Å². The third-order valence-corrected chi connectivity index (χ3v) is 2.49. The SMILES string of the molecule is O=C(O)c1ccc(Cl)cc1-[n+]1cccc(O)c1. The van der Waals surface area contributed by atoms with Crippen LogP contribution in [-0.2, 0) is 0 Å². The zero-order valence-corrected chi connectivity index (χ0v) is 9.43. The quantitative estimate of drug-likeness (QED) is 0.802. The highest BCUT2D eigenvalue weighted by atomic mass is 35.5. The summed E-state index contributed by atoms with van der Waals surface area (Å²) in [7, 11) is 0. The number of rotatable bonds is 2. The number of carboxylic acid groups (broad SMARTS) is 1. The van der Waals surface area contributed by atoms with Crippen LogP contribution in [0.2, 0.25) is 5.02 Å². The van der Waals surface area contributed by atoms with Gasteiger partial charge >= 0.3 is 5.97 Å². The van der Waals surface area contributed by atoms with Gasteiger partial charge in [0.25, 0.3) is 0 Å². The maximum atomic E-state index is 11.1. The Kier molecular flexibility index (Phi) is 2.97. The fourth-order valence-electron chi connectivity index (χ4n) is 1.51. The molecule has 1 aromatic heterocycles. The van der Waals surface area contributed by atoms with Gasteiger partial charge in [-0.15, -0.1) is 0 Å². The molecule has 1 heterocycles. The van der Waals surface area contributed by atoms with Crippen LogP contribution in [0.15, 0.2) is 42.7 Å². The Hall–Kier alpha value is -2.07. The van der Waals surface area contributed by atoms with E-state index in [0.29, 0.717) is 10.7 Å². The first-order chi connectivity index (χ1) is 8.08. The lowest BCUT2D eigenvalue weighted by molar-refractivity contribution is -0.596. The summed E-state index contributed by atoms with van der Waals surface area (Å²) in [5, 5.41) is 18.9. The van der Waals surface area contributed by atoms with Crippen LogP contribution >= 0.6 is 11.6 Å². The van der Waals surface area contributed by atoms with Crippen molar-refractivity contribution in [2.75, 3.05) is 0 Å². The van der Waals surface area contributed by atoms with E-state index < -0.39 is 5.97 Å². The van der Waals surface area contributed by atoms with Gasteiger partial charge in [0.1, 0.15) is 5.56 Å². The Morgan fingerprint density at radius 1 is 1.29 bits per heavy atom. The summed E-state index contributed by atoms with van der Waals surface area (Å²) in [6, 6.07) is 7.59. The highest BCUT2D eigenvalue weighted by molar-refractivity contribution is 6.30. The number of carboxylic acids is 1. The first kappa shape index (κ1) is 11.4. The second kappa shape index (κ2) is 4.43.